The van der Waals surface area contributed by atoms with Gasteiger partial charge in [-0.15, -0.1) is 0 Å². The molecule has 1 aromatic heterocycles. The van der Waals surface area contributed by atoms with Crippen LogP contribution in [0.25, 0.3) is 0 Å². The Kier molecular flexibility index (Phi) is 6.51. The van der Waals surface area contributed by atoms with E-state index in [4.69, 9.17) is 4.74 Å². The summed E-state index contributed by atoms with van der Waals surface area (Å²) in [5, 5.41) is 20.2. The molecule has 0 amide bonds. The molecule has 0 atom stereocenters. The molecule has 0 unspecified atom stereocenters. The first-order valence-electron chi connectivity index (χ1n) is 9.71. The normalized spacial score (nSPS) is 10.5. The lowest BCUT2D eigenvalue weighted by molar-refractivity contribution is 0.0916. The fourth-order valence-electron chi connectivity index (χ4n) is 3.25. The zero-order valence-electron chi connectivity index (χ0n) is 17.2. The Morgan fingerprint density at radius 3 is 2.32 bits per heavy atom. The molecule has 7 heteroatoms. The second-order valence-corrected chi connectivity index (χ2v) is 7.04. The number of ketones is 1. The molecule has 1 heterocycles. The maximum absolute atomic E-state index is 13.2. The Morgan fingerprint density at radius 2 is 1.74 bits per heavy atom. The number of benzene rings is 2. The average molecular weight is 420 g/mol. The zero-order chi connectivity index (χ0) is 22.5. The maximum Gasteiger partial charge on any atom is 0.271 e. The highest BCUT2D eigenvalue weighted by Gasteiger charge is 2.24. The van der Waals surface area contributed by atoms with Crippen LogP contribution in [0.2, 0.25) is 0 Å². The Labute approximate surface area is 178 Å². The summed E-state index contributed by atoms with van der Waals surface area (Å²) in [4.78, 5) is 25.5. The zero-order valence-corrected chi connectivity index (χ0v) is 17.2. The van der Waals surface area contributed by atoms with Crippen molar-refractivity contribution >= 4 is 5.78 Å². The van der Waals surface area contributed by atoms with Crippen LogP contribution in [0.3, 0.4) is 0 Å². The molecule has 3 aromatic rings. The quantitative estimate of drug-likeness (QED) is 0.588. The summed E-state index contributed by atoms with van der Waals surface area (Å²) >= 11 is 0. The molecule has 0 bridgehead atoms. The molecule has 0 aliphatic carbocycles. The van der Waals surface area contributed by atoms with Crippen LogP contribution in [0.1, 0.15) is 39.5 Å². The van der Waals surface area contributed by atoms with E-state index in [2.05, 4.69) is 0 Å². The molecule has 0 aliphatic heterocycles. The molecule has 158 valence electrons. The minimum atomic E-state index is -0.727. The van der Waals surface area contributed by atoms with Crippen molar-refractivity contribution in [3.8, 4) is 17.7 Å². The molecule has 6 nitrogen and oxygen atoms in total. The fraction of sp³-hybridized carbons (Fsp3) is 0.208. The molecule has 31 heavy (non-hydrogen) atoms. The van der Waals surface area contributed by atoms with Gasteiger partial charge >= 0.3 is 0 Å². The fourth-order valence-corrected chi connectivity index (χ4v) is 3.25. The van der Waals surface area contributed by atoms with Crippen LogP contribution >= 0.6 is 0 Å². The number of rotatable bonds is 7. The number of aromatic nitrogens is 1. The average Bonchev–Trinajstić information content (AvgIpc) is 2.77. The second-order valence-electron chi connectivity index (χ2n) is 7.04. The lowest BCUT2D eigenvalue weighted by Crippen LogP contribution is -2.28. The molecular weight excluding hydrogens is 399 g/mol. The number of pyridine rings is 1. The van der Waals surface area contributed by atoms with Crippen molar-refractivity contribution in [2.75, 3.05) is 6.61 Å². The molecule has 0 fully saturated rings. The van der Waals surface area contributed by atoms with Crippen molar-refractivity contribution in [3.05, 3.63) is 92.5 Å². The lowest BCUT2D eigenvalue weighted by atomic mass is 10.0. The van der Waals surface area contributed by atoms with Gasteiger partial charge in [-0.1, -0.05) is 31.2 Å². The summed E-state index contributed by atoms with van der Waals surface area (Å²) in [6, 6.07) is 14.4. The predicted molar refractivity (Wildman–Crippen MR) is 113 cm³/mol. The van der Waals surface area contributed by atoms with E-state index in [1.807, 2.05) is 25.1 Å². The number of carbonyl (C=O) groups is 1. The number of Topliss-reactive ketones (excluding diaryl/α,β-unsaturated/α-hetero) is 1. The maximum atomic E-state index is 13.2. The highest BCUT2D eigenvalue weighted by molar-refractivity contribution is 6.01. The third-order valence-corrected chi connectivity index (χ3v) is 5.03. The highest BCUT2D eigenvalue weighted by atomic mass is 19.1. The third kappa shape index (κ3) is 4.64. The van der Waals surface area contributed by atoms with Gasteiger partial charge < -0.3 is 9.84 Å². The van der Waals surface area contributed by atoms with Gasteiger partial charge in [-0.25, -0.2) is 4.39 Å². The van der Waals surface area contributed by atoms with E-state index in [9.17, 15) is 24.3 Å². The molecule has 1 N–H and O–H groups in total. The topological polar surface area (TPSA) is 92.3 Å². The SMILES string of the molecule is CCc1ccc(OCC(=O)c2c(C)c(C#N)c(=O)n(Cc3ccc(F)cc3)c2O)cc1. The van der Waals surface area contributed by atoms with Gasteiger partial charge in [-0.05, 0) is 54.3 Å². The lowest BCUT2D eigenvalue weighted by Gasteiger charge is -2.16. The highest BCUT2D eigenvalue weighted by Crippen LogP contribution is 2.24. The van der Waals surface area contributed by atoms with Crippen molar-refractivity contribution in [2.24, 2.45) is 0 Å². The molecular formula is C24H21FN2O4. The molecule has 0 saturated carbocycles. The number of nitrogens with zero attached hydrogens (tertiary/aromatic N) is 2. The molecule has 0 aliphatic rings. The van der Waals surface area contributed by atoms with E-state index in [0.29, 0.717) is 11.3 Å². The summed E-state index contributed by atoms with van der Waals surface area (Å²) in [7, 11) is 0. The number of nitriles is 1. The number of aromatic hydroxyl groups is 1. The Balaban J connectivity index is 1.94. The van der Waals surface area contributed by atoms with Crippen LogP contribution in [0, 0.1) is 24.1 Å². The van der Waals surface area contributed by atoms with Gasteiger partial charge in [0.2, 0.25) is 11.7 Å². The number of halogens is 1. The summed E-state index contributed by atoms with van der Waals surface area (Å²) in [6.07, 6.45) is 0.874. The van der Waals surface area contributed by atoms with Gasteiger partial charge in [-0.3, -0.25) is 14.2 Å². The summed E-state index contributed by atoms with van der Waals surface area (Å²) in [5.41, 5.74) is 0.625. The van der Waals surface area contributed by atoms with Crippen LogP contribution in [0.4, 0.5) is 4.39 Å². The van der Waals surface area contributed by atoms with Gasteiger partial charge in [0.15, 0.2) is 6.61 Å². The minimum Gasteiger partial charge on any atom is -0.494 e. The molecule has 0 spiro atoms. The van der Waals surface area contributed by atoms with E-state index in [-0.39, 0.29) is 29.8 Å². The number of ether oxygens (including phenoxy) is 1. The van der Waals surface area contributed by atoms with Crippen LogP contribution < -0.4 is 10.3 Å². The first kappa shape index (κ1) is 21.8. The van der Waals surface area contributed by atoms with Crippen LogP contribution in [-0.4, -0.2) is 22.1 Å². The van der Waals surface area contributed by atoms with Gasteiger partial charge in [0.1, 0.15) is 23.2 Å². The second kappa shape index (κ2) is 9.26. The van der Waals surface area contributed by atoms with E-state index >= 15 is 0 Å². The third-order valence-electron chi connectivity index (χ3n) is 5.03. The molecule has 0 saturated heterocycles. The van der Waals surface area contributed by atoms with Crippen LogP contribution in [0.15, 0.2) is 53.3 Å². The summed E-state index contributed by atoms with van der Waals surface area (Å²) in [6.45, 7) is 2.96. The van der Waals surface area contributed by atoms with Crippen LogP contribution in [0.5, 0.6) is 11.6 Å². The van der Waals surface area contributed by atoms with Gasteiger partial charge in [0.05, 0.1) is 12.1 Å². The minimum absolute atomic E-state index is 0.0929. The van der Waals surface area contributed by atoms with E-state index in [0.717, 1.165) is 16.6 Å². The standard InChI is InChI=1S/C24H21FN2O4/c1-3-16-6-10-19(11-7-16)31-14-21(28)22-15(2)20(12-26)23(29)27(24(22)30)13-17-4-8-18(25)9-5-17/h4-11,30H,3,13-14H2,1-2H3. The first-order chi connectivity index (χ1) is 14.8. The van der Waals surface area contributed by atoms with E-state index < -0.39 is 23.0 Å². The number of aryl methyl sites for hydroxylation is 1. The summed E-state index contributed by atoms with van der Waals surface area (Å²) in [5.74, 6) is -1.08. The van der Waals surface area contributed by atoms with E-state index in [1.165, 1.54) is 31.2 Å². The number of hydrogen-bond acceptors (Lipinski definition) is 5. The van der Waals surface area contributed by atoms with Crippen molar-refractivity contribution in [1.82, 2.24) is 4.57 Å². The van der Waals surface area contributed by atoms with Gasteiger partial charge in [0, 0.05) is 0 Å². The Hall–Kier alpha value is -3.92. The number of carbonyl (C=O) groups excluding carboxylic acids is 1. The van der Waals surface area contributed by atoms with Crippen molar-refractivity contribution in [2.45, 2.75) is 26.8 Å². The van der Waals surface area contributed by atoms with Crippen molar-refractivity contribution < 1.29 is 19.0 Å². The van der Waals surface area contributed by atoms with E-state index in [1.54, 1.807) is 12.1 Å². The van der Waals surface area contributed by atoms with Crippen molar-refractivity contribution in [3.63, 3.8) is 0 Å². The number of hydrogen-bond donors (Lipinski definition) is 1. The predicted octanol–water partition coefficient (Wildman–Crippen LogP) is 3.75. The Bertz CT molecular complexity index is 1210. The molecule has 0 radical (unpaired) electrons. The first-order valence-corrected chi connectivity index (χ1v) is 9.71. The Morgan fingerprint density at radius 1 is 1.13 bits per heavy atom. The summed E-state index contributed by atoms with van der Waals surface area (Å²) < 4.78 is 19.6. The van der Waals surface area contributed by atoms with Crippen molar-refractivity contribution in [1.29, 1.82) is 5.26 Å². The van der Waals surface area contributed by atoms with Gasteiger partial charge in [-0.2, -0.15) is 5.26 Å². The smallest absolute Gasteiger partial charge is 0.271 e. The van der Waals surface area contributed by atoms with Crippen LogP contribution in [-0.2, 0) is 13.0 Å². The molecule has 3 rings (SSSR count). The molecule has 2 aromatic carbocycles. The largest absolute Gasteiger partial charge is 0.494 e. The van der Waals surface area contributed by atoms with Gasteiger partial charge in [0.25, 0.3) is 5.56 Å². The monoisotopic (exact) mass is 420 g/mol.